The molecule has 0 bridgehead atoms. The minimum atomic E-state index is -0.726. The van der Waals surface area contributed by atoms with Crippen LogP contribution >= 0.6 is 0 Å². The van der Waals surface area contributed by atoms with E-state index in [1.165, 1.54) is 12.1 Å². The molecule has 0 atom stereocenters. The van der Waals surface area contributed by atoms with Gasteiger partial charge in [0.25, 0.3) is 5.91 Å². The van der Waals surface area contributed by atoms with E-state index >= 15 is 0 Å². The molecule has 8 heteroatoms. The Hall–Kier alpha value is -3.68. The molecule has 30 heavy (non-hydrogen) atoms. The van der Waals surface area contributed by atoms with Crippen LogP contribution in [0.1, 0.15) is 36.7 Å². The highest BCUT2D eigenvalue weighted by molar-refractivity contribution is 6.05. The van der Waals surface area contributed by atoms with Crippen LogP contribution in [0.15, 0.2) is 48.5 Å². The zero-order chi connectivity index (χ0) is 22.3. The third-order valence-electron chi connectivity index (χ3n) is 3.70. The fraction of sp³-hybridized carbons (Fsp3) is 0.227. The molecule has 158 valence electrons. The second-order valence-electron chi connectivity index (χ2n) is 7.34. The van der Waals surface area contributed by atoms with Crippen molar-refractivity contribution < 1.29 is 23.5 Å². The molecule has 0 radical (unpaired) electrons. The lowest BCUT2D eigenvalue weighted by Crippen LogP contribution is -2.27. The Labute approximate surface area is 174 Å². The molecule has 7 nitrogen and oxygen atoms in total. The van der Waals surface area contributed by atoms with Gasteiger partial charge in [-0.05, 0) is 62.7 Å². The Balaban J connectivity index is 2.08. The number of benzene rings is 2. The zero-order valence-electron chi connectivity index (χ0n) is 17.2. The quantitative estimate of drug-likeness (QED) is 0.641. The fourth-order valence-corrected chi connectivity index (χ4v) is 2.38. The highest BCUT2D eigenvalue weighted by Crippen LogP contribution is 2.24. The molecule has 0 saturated carbocycles. The average molecular weight is 413 g/mol. The van der Waals surface area contributed by atoms with Crippen molar-refractivity contribution in [3.05, 3.63) is 65.5 Å². The number of hydrogen-bond acceptors (Lipinski definition) is 4. The predicted molar refractivity (Wildman–Crippen MR) is 114 cm³/mol. The standard InChI is InChI=1S/C22H24FN3O4/c1-22(2,3)30-21(29)26-17-11-10-16(23)13-18(17)25-19(27)12-7-14-5-8-15(9-6-14)20(28)24-4/h5-13H,1-4H3,(H,24,28)(H,25,27)(H,26,29)/b12-7+. The minimum absolute atomic E-state index is 0.0884. The fourth-order valence-electron chi connectivity index (χ4n) is 2.38. The van der Waals surface area contributed by atoms with Crippen molar-refractivity contribution in [1.29, 1.82) is 0 Å². The Morgan fingerprint density at radius 1 is 0.967 bits per heavy atom. The van der Waals surface area contributed by atoms with Crippen LogP contribution in [0.4, 0.5) is 20.6 Å². The van der Waals surface area contributed by atoms with E-state index in [1.807, 2.05) is 0 Å². The summed E-state index contributed by atoms with van der Waals surface area (Å²) >= 11 is 0. The Morgan fingerprint density at radius 2 is 1.63 bits per heavy atom. The first kappa shape index (κ1) is 22.6. The molecular weight excluding hydrogens is 389 g/mol. The van der Waals surface area contributed by atoms with Gasteiger partial charge in [-0.25, -0.2) is 9.18 Å². The third-order valence-corrected chi connectivity index (χ3v) is 3.70. The maximum Gasteiger partial charge on any atom is 0.412 e. The monoisotopic (exact) mass is 413 g/mol. The Morgan fingerprint density at radius 3 is 2.23 bits per heavy atom. The van der Waals surface area contributed by atoms with Crippen molar-refractivity contribution in [2.45, 2.75) is 26.4 Å². The molecule has 0 saturated heterocycles. The van der Waals surface area contributed by atoms with Crippen LogP contribution in [-0.4, -0.2) is 30.6 Å². The zero-order valence-corrected chi connectivity index (χ0v) is 17.2. The van der Waals surface area contributed by atoms with Gasteiger partial charge in [0.05, 0.1) is 11.4 Å². The maximum atomic E-state index is 13.6. The van der Waals surface area contributed by atoms with Crippen LogP contribution in [0.3, 0.4) is 0 Å². The van der Waals surface area contributed by atoms with Crippen molar-refractivity contribution in [2.24, 2.45) is 0 Å². The summed E-state index contributed by atoms with van der Waals surface area (Å²) in [4.78, 5) is 35.8. The Bertz CT molecular complexity index is 963. The smallest absolute Gasteiger partial charge is 0.412 e. The lowest BCUT2D eigenvalue weighted by molar-refractivity contribution is -0.111. The topological polar surface area (TPSA) is 96.5 Å². The van der Waals surface area contributed by atoms with Crippen molar-refractivity contribution >= 4 is 35.4 Å². The van der Waals surface area contributed by atoms with Crippen LogP contribution < -0.4 is 16.0 Å². The number of anilines is 2. The van der Waals surface area contributed by atoms with Crippen LogP contribution in [-0.2, 0) is 9.53 Å². The van der Waals surface area contributed by atoms with Gasteiger partial charge in [0.15, 0.2) is 0 Å². The second kappa shape index (κ2) is 9.69. The van der Waals surface area contributed by atoms with Crippen molar-refractivity contribution in [1.82, 2.24) is 5.32 Å². The van der Waals surface area contributed by atoms with E-state index in [4.69, 9.17) is 4.74 Å². The molecule has 3 amide bonds. The van der Waals surface area contributed by atoms with Crippen LogP contribution in [0.2, 0.25) is 0 Å². The van der Waals surface area contributed by atoms with Gasteiger partial charge in [-0.2, -0.15) is 0 Å². The van der Waals surface area contributed by atoms with Gasteiger partial charge in [0.2, 0.25) is 5.91 Å². The lowest BCUT2D eigenvalue weighted by Gasteiger charge is -2.20. The van der Waals surface area contributed by atoms with Crippen LogP contribution in [0.25, 0.3) is 6.08 Å². The number of halogens is 1. The average Bonchev–Trinajstić information content (AvgIpc) is 2.67. The highest BCUT2D eigenvalue weighted by Gasteiger charge is 2.18. The summed E-state index contributed by atoms with van der Waals surface area (Å²) in [6, 6.07) is 10.2. The van der Waals surface area contributed by atoms with Gasteiger partial charge in [-0.3, -0.25) is 14.9 Å². The maximum absolute atomic E-state index is 13.6. The van der Waals surface area contributed by atoms with Gasteiger partial charge >= 0.3 is 6.09 Å². The number of hydrogen-bond donors (Lipinski definition) is 3. The van der Waals surface area contributed by atoms with E-state index in [1.54, 1.807) is 58.2 Å². The molecule has 0 aliphatic rings. The van der Waals surface area contributed by atoms with Gasteiger partial charge < -0.3 is 15.4 Å². The van der Waals surface area contributed by atoms with Crippen molar-refractivity contribution in [2.75, 3.05) is 17.7 Å². The largest absolute Gasteiger partial charge is 0.444 e. The highest BCUT2D eigenvalue weighted by atomic mass is 19.1. The van der Waals surface area contributed by atoms with E-state index in [-0.39, 0.29) is 17.3 Å². The molecule has 2 rings (SSSR count). The molecule has 0 aliphatic heterocycles. The summed E-state index contributed by atoms with van der Waals surface area (Å²) in [5.74, 6) is -1.31. The summed E-state index contributed by atoms with van der Waals surface area (Å²) in [6.45, 7) is 5.14. The molecule has 2 aromatic rings. The normalized spacial score (nSPS) is 11.1. The molecule has 0 spiro atoms. The van der Waals surface area contributed by atoms with Gasteiger partial charge in [-0.1, -0.05) is 12.1 Å². The first-order valence-electron chi connectivity index (χ1n) is 9.18. The van der Waals surface area contributed by atoms with Gasteiger partial charge in [0.1, 0.15) is 11.4 Å². The minimum Gasteiger partial charge on any atom is -0.444 e. The number of rotatable bonds is 5. The summed E-state index contributed by atoms with van der Waals surface area (Å²) in [7, 11) is 1.54. The molecule has 0 fully saturated rings. The number of carbonyl (C=O) groups excluding carboxylic acids is 3. The summed E-state index contributed by atoms with van der Waals surface area (Å²) in [5, 5.41) is 7.54. The van der Waals surface area contributed by atoms with E-state index in [9.17, 15) is 18.8 Å². The van der Waals surface area contributed by atoms with Crippen molar-refractivity contribution in [3.8, 4) is 0 Å². The summed E-state index contributed by atoms with van der Waals surface area (Å²) in [5.41, 5.74) is 0.776. The summed E-state index contributed by atoms with van der Waals surface area (Å²) in [6.07, 6.45) is 2.08. The van der Waals surface area contributed by atoms with E-state index in [0.717, 1.165) is 12.1 Å². The third kappa shape index (κ3) is 7.05. The van der Waals surface area contributed by atoms with Gasteiger partial charge in [0, 0.05) is 18.7 Å². The first-order valence-corrected chi connectivity index (χ1v) is 9.18. The molecule has 0 aromatic heterocycles. The van der Waals surface area contributed by atoms with Crippen molar-refractivity contribution in [3.63, 3.8) is 0 Å². The first-order chi connectivity index (χ1) is 14.1. The van der Waals surface area contributed by atoms with Crippen LogP contribution in [0.5, 0.6) is 0 Å². The van der Waals surface area contributed by atoms with E-state index in [0.29, 0.717) is 11.1 Å². The SMILES string of the molecule is CNC(=O)c1ccc(/C=C/C(=O)Nc2cc(F)ccc2NC(=O)OC(C)(C)C)cc1. The molecule has 0 aliphatic carbocycles. The molecule has 0 unspecified atom stereocenters. The number of amides is 3. The molecule has 2 aromatic carbocycles. The number of ether oxygens (including phenoxy) is 1. The number of carbonyl (C=O) groups is 3. The number of nitrogens with one attached hydrogen (secondary N) is 3. The second-order valence-corrected chi connectivity index (χ2v) is 7.34. The lowest BCUT2D eigenvalue weighted by atomic mass is 10.1. The summed E-state index contributed by atoms with van der Waals surface area (Å²) < 4.78 is 18.8. The molecule has 0 heterocycles. The Kier molecular flexibility index (Phi) is 7.30. The molecular formula is C22H24FN3O4. The van der Waals surface area contributed by atoms with Gasteiger partial charge in [-0.15, -0.1) is 0 Å². The van der Waals surface area contributed by atoms with E-state index in [2.05, 4.69) is 16.0 Å². The predicted octanol–water partition coefficient (Wildman–Crippen LogP) is 4.18. The van der Waals surface area contributed by atoms with E-state index < -0.39 is 23.4 Å². The van der Waals surface area contributed by atoms with Crippen LogP contribution in [0, 0.1) is 5.82 Å². The molecule has 3 N–H and O–H groups in total.